The Morgan fingerprint density at radius 2 is 2.09 bits per heavy atom. The molecule has 120 valence electrons. The molecule has 1 aliphatic carbocycles. The molecule has 2 atom stereocenters. The molecule has 1 N–H and O–H groups in total. The molecular formula is C19H20ClNO2. The molecule has 1 saturated carbocycles. The van der Waals surface area contributed by atoms with Crippen molar-refractivity contribution < 1.29 is 9.53 Å². The molecule has 4 heteroatoms. The van der Waals surface area contributed by atoms with E-state index in [-0.39, 0.29) is 17.7 Å². The molecule has 2 aromatic rings. The average molecular weight is 330 g/mol. The zero-order valence-corrected chi connectivity index (χ0v) is 13.8. The summed E-state index contributed by atoms with van der Waals surface area (Å²) in [7, 11) is 0. The molecular weight excluding hydrogens is 310 g/mol. The van der Waals surface area contributed by atoms with E-state index in [9.17, 15) is 4.79 Å². The van der Waals surface area contributed by atoms with Crippen molar-refractivity contribution in [3.63, 3.8) is 0 Å². The molecule has 1 amide bonds. The molecule has 0 bridgehead atoms. The zero-order chi connectivity index (χ0) is 16.2. The van der Waals surface area contributed by atoms with Gasteiger partial charge in [0.1, 0.15) is 5.75 Å². The molecule has 2 unspecified atom stereocenters. The van der Waals surface area contributed by atoms with Gasteiger partial charge in [-0.3, -0.25) is 4.79 Å². The van der Waals surface area contributed by atoms with Gasteiger partial charge in [-0.25, -0.2) is 0 Å². The maximum atomic E-state index is 12.3. The Morgan fingerprint density at radius 1 is 1.26 bits per heavy atom. The summed E-state index contributed by atoms with van der Waals surface area (Å²) >= 11 is 6.20. The van der Waals surface area contributed by atoms with Gasteiger partial charge in [0.25, 0.3) is 0 Å². The Bertz CT molecular complexity index is 701. The highest BCUT2D eigenvalue weighted by Gasteiger charge is 2.44. The molecule has 0 saturated heterocycles. The number of ether oxygens (including phenoxy) is 1. The van der Waals surface area contributed by atoms with E-state index in [2.05, 4.69) is 5.32 Å². The Morgan fingerprint density at radius 3 is 2.87 bits per heavy atom. The molecule has 1 fully saturated rings. The summed E-state index contributed by atoms with van der Waals surface area (Å²) in [5, 5.41) is 3.76. The molecule has 0 aliphatic heterocycles. The van der Waals surface area contributed by atoms with E-state index in [1.54, 1.807) is 0 Å². The van der Waals surface area contributed by atoms with E-state index in [0.717, 1.165) is 28.3 Å². The minimum absolute atomic E-state index is 0.0324. The van der Waals surface area contributed by atoms with E-state index in [1.807, 2.05) is 55.5 Å². The summed E-state index contributed by atoms with van der Waals surface area (Å²) in [4.78, 5) is 12.3. The van der Waals surface area contributed by atoms with Gasteiger partial charge in [0.2, 0.25) is 5.91 Å². The van der Waals surface area contributed by atoms with Crippen molar-refractivity contribution in [2.45, 2.75) is 25.8 Å². The van der Waals surface area contributed by atoms with Gasteiger partial charge in [-0.15, -0.1) is 0 Å². The van der Waals surface area contributed by atoms with Crippen molar-refractivity contribution in [1.29, 1.82) is 0 Å². The van der Waals surface area contributed by atoms with E-state index >= 15 is 0 Å². The minimum Gasteiger partial charge on any atom is -0.494 e. The quantitative estimate of drug-likeness (QED) is 0.864. The van der Waals surface area contributed by atoms with E-state index in [1.165, 1.54) is 0 Å². The molecule has 2 aromatic carbocycles. The van der Waals surface area contributed by atoms with Crippen molar-refractivity contribution in [1.82, 2.24) is 5.32 Å². The van der Waals surface area contributed by atoms with Crippen LogP contribution in [0.1, 0.15) is 30.4 Å². The Balaban J connectivity index is 1.55. The van der Waals surface area contributed by atoms with Gasteiger partial charge in [-0.1, -0.05) is 41.9 Å². The predicted octanol–water partition coefficient (Wildman–Crippen LogP) is 4.16. The average Bonchev–Trinajstić information content (AvgIpc) is 3.34. The SMILES string of the molecule is CCOc1cccc(CNC(=O)C2CC2c2ccccc2Cl)c1. The van der Waals surface area contributed by atoms with Gasteiger partial charge in [0.05, 0.1) is 6.61 Å². The van der Waals surface area contributed by atoms with Crippen molar-refractivity contribution in [3.05, 3.63) is 64.7 Å². The van der Waals surface area contributed by atoms with Crippen molar-refractivity contribution in [2.24, 2.45) is 5.92 Å². The van der Waals surface area contributed by atoms with Crippen LogP contribution in [0.5, 0.6) is 5.75 Å². The predicted molar refractivity (Wildman–Crippen MR) is 91.8 cm³/mol. The highest BCUT2D eigenvalue weighted by atomic mass is 35.5. The van der Waals surface area contributed by atoms with Crippen molar-refractivity contribution >= 4 is 17.5 Å². The number of carbonyl (C=O) groups excluding carboxylic acids is 1. The number of halogens is 1. The largest absolute Gasteiger partial charge is 0.494 e. The van der Waals surface area contributed by atoms with Crippen LogP contribution in [0, 0.1) is 5.92 Å². The summed E-state index contributed by atoms with van der Waals surface area (Å²) in [5.41, 5.74) is 2.12. The first-order chi connectivity index (χ1) is 11.2. The lowest BCUT2D eigenvalue weighted by Gasteiger charge is -2.08. The summed E-state index contributed by atoms with van der Waals surface area (Å²) < 4.78 is 5.47. The maximum Gasteiger partial charge on any atom is 0.224 e. The highest BCUT2D eigenvalue weighted by molar-refractivity contribution is 6.31. The van der Waals surface area contributed by atoms with Crippen LogP contribution in [0.15, 0.2) is 48.5 Å². The van der Waals surface area contributed by atoms with Crippen LogP contribution >= 0.6 is 11.6 Å². The van der Waals surface area contributed by atoms with Gasteiger partial charge in [0.15, 0.2) is 0 Å². The first-order valence-electron chi connectivity index (χ1n) is 7.93. The molecule has 3 rings (SSSR count). The fourth-order valence-corrected chi connectivity index (χ4v) is 3.11. The van der Waals surface area contributed by atoms with E-state index in [0.29, 0.717) is 13.2 Å². The van der Waals surface area contributed by atoms with Crippen LogP contribution < -0.4 is 10.1 Å². The zero-order valence-electron chi connectivity index (χ0n) is 13.1. The molecule has 0 spiro atoms. The topological polar surface area (TPSA) is 38.3 Å². The van der Waals surface area contributed by atoms with Gasteiger partial charge in [0, 0.05) is 17.5 Å². The van der Waals surface area contributed by atoms with Gasteiger partial charge < -0.3 is 10.1 Å². The minimum atomic E-state index is 0.0324. The van der Waals surface area contributed by atoms with Crippen LogP contribution in [0.3, 0.4) is 0 Å². The third-order valence-corrected chi connectivity index (χ3v) is 4.45. The summed E-state index contributed by atoms with van der Waals surface area (Å²) in [6.45, 7) is 3.11. The first-order valence-corrected chi connectivity index (χ1v) is 8.30. The number of amides is 1. The van der Waals surface area contributed by atoms with Crippen LogP contribution in [0.2, 0.25) is 5.02 Å². The van der Waals surface area contributed by atoms with Gasteiger partial charge in [-0.2, -0.15) is 0 Å². The maximum absolute atomic E-state index is 12.3. The first kappa shape index (κ1) is 15.9. The molecule has 1 aliphatic rings. The molecule has 3 nitrogen and oxygen atoms in total. The Kier molecular flexibility index (Phi) is 4.87. The van der Waals surface area contributed by atoms with Crippen LogP contribution in [0.4, 0.5) is 0 Å². The number of nitrogens with one attached hydrogen (secondary N) is 1. The fourth-order valence-electron chi connectivity index (χ4n) is 2.84. The second-order valence-electron chi connectivity index (χ2n) is 5.77. The summed E-state index contributed by atoms with van der Waals surface area (Å²) in [6.07, 6.45) is 0.870. The number of carbonyl (C=O) groups is 1. The van der Waals surface area contributed by atoms with Crippen molar-refractivity contribution in [2.75, 3.05) is 6.61 Å². The normalized spacial score (nSPS) is 19.2. The Hall–Kier alpha value is -2.00. The van der Waals surface area contributed by atoms with E-state index < -0.39 is 0 Å². The number of benzene rings is 2. The smallest absolute Gasteiger partial charge is 0.224 e. The third kappa shape index (κ3) is 3.85. The fraction of sp³-hybridized carbons (Fsp3) is 0.316. The molecule has 0 heterocycles. The lowest BCUT2D eigenvalue weighted by atomic mass is 10.1. The lowest BCUT2D eigenvalue weighted by Crippen LogP contribution is -2.24. The second-order valence-corrected chi connectivity index (χ2v) is 6.18. The number of hydrogen-bond acceptors (Lipinski definition) is 2. The van der Waals surface area contributed by atoms with Crippen molar-refractivity contribution in [3.8, 4) is 5.75 Å². The molecule has 0 aromatic heterocycles. The summed E-state index contributed by atoms with van der Waals surface area (Å²) in [5.74, 6) is 1.21. The molecule has 0 radical (unpaired) electrons. The van der Waals surface area contributed by atoms with Crippen LogP contribution in [-0.2, 0) is 11.3 Å². The molecule has 23 heavy (non-hydrogen) atoms. The third-order valence-electron chi connectivity index (χ3n) is 4.11. The lowest BCUT2D eigenvalue weighted by molar-refractivity contribution is -0.122. The highest BCUT2D eigenvalue weighted by Crippen LogP contribution is 2.49. The second kappa shape index (κ2) is 7.05. The number of rotatable bonds is 6. The Labute approximate surface area is 141 Å². The van der Waals surface area contributed by atoms with Crippen LogP contribution in [0.25, 0.3) is 0 Å². The standard InChI is InChI=1S/C19H20ClNO2/c1-2-23-14-7-5-6-13(10-14)12-21-19(22)17-11-16(17)15-8-3-4-9-18(15)20/h3-10,16-17H,2,11-12H2,1H3,(H,21,22). The number of hydrogen-bond donors (Lipinski definition) is 1. The van der Waals surface area contributed by atoms with E-state index in [4.69, 9.17) is 16.3 Å². The monoisotopic (exact) mass is 329 g/mol. The van der Waals surface area contributed by atoms with Gasteiger partial charge >= 0.3 is 0 Å². The van der Waals surface area contributed by atoms with Crippen LogP contribution in [-0.4, -0.2) is 12.5 Å². The van der Waals surface area contributed by atoms with Gasteiger partial charge in [-0.05, 0) is 48.6 Å². The summed E-state index contributed by atoms with van der Waals surface area (Å²) in [6, 6.07) is 15.6.